The van der Waals surface area contributed by atoms with Crippen LogP contribution in [0.1, 0.15) is 10.4 Å². The Morgan fingerprint density at radius 1 is 1.36 bits per heavy atom. The molecule has 0 radical (unpaired) electrons. The minimum absolute atomic E-state index is 0.269. The van der Waals surface area contributed by atoms with E-state index in [1.54, 1.807) is 18.3 Å². The molecule has 0 aliphatic heterocycles. The zero-order valence-electron chi connectivity index (χ0n) is 7.18. The van der Waals surface area contributed by atoms with Crippen molar-refractivity contribution in [2.45, 2.75) is 0 Å². The molecular weight excluding hydrogens is 182 g/mol. The molecule has 1 amide bonds. The predicted octanol–water partition coefficient (Wildman–Crippen LogP) is 1.32. The lowest BCUT2D eigenvalue weighted by atomic mass is 10.3. The summed E-state index contributed by atoms with van der Waals surface area (Å²) >= 11 is 0. The van der Waals surface area contributed by atoms with Crippen LogP contribution in [0, 0.1) is 0 Å². The summed E-state index contributed by atoms with van der Waals surface area (Å²) in [5.41, 5.74) is 0.476. The van der Waals surface area contributed by atoms with Crippen LogP contribution < -0.4 is 5.32 Å². The molecule has 2 rings (SSSR count). The smallest absolute Gasteiger partial charge is 0.259 e. The van der Waals surface area contributed by atoms with E-state index >= 15 is 0 Å². The van der Waals surface area contributed by atoms with E-state index in [0.29, 0.717) is 11.4 Å². The van der Waals surface area contributed by atoms with Crippen molar-refractivity contribution in [3.05, 3.63) is 42.7 Å². The summed E-state index contributed by atoms with van der Waals surface area (Å²) < 4.78 is 4.86. The second kappa shape index (κ2) is 3.69. The van der Waals surface area contributed by atoms with Crippen LogP contribution in [-0.4, -0.2) is 15.9 Å². The van der Waals surface area contributed by atoms with Gasteiger partial charge in [-0.1, -0.05) is 0 Å². The minimum Gasteiger partial charge on any atom is -0.428 e. The molecule has 70 valence electrons. The average molecular weight is 189 g/mol. The van der Waals surface area contributed by atoms with Crippen molar-refractivity contribution >= 4 is 11.8 Å². The van der Waals surface area contributed by atoms with Gasteiger partial charge in [0.25, 0.3) is 5.91 Å². The number of hydrogen-bond acceptors (Lipinski definition) is 4. The lowest BCUT2D eigenvalue weighted by Crippen LogP contribution is -2.11. The van der Waals surface area contributed by atoms with Gasteiger partial charge in [0, 0.05) is 12.4 Å². The lowest BCUT2D eigenvalue weighted by molar-refractivity contribution is 0.102. The maximum Gasteiger partial charge on any atom is 0.259 e. The van der Waals surface area contributed by atoms with Gasteiger partial charge in [0.05, 0.1) is 11.8 Å². The highest BCUT2D eigenvalue weighted by molar-refractivity contribution is 6.03. The van der Waals surface area contributed by atoms with Gasteiger partial charge < -0.3 is 4.42 Å². The highest BCUT2D eigenvalue weighted by atomic mass is 16.4. The van der Waals surface area contributed by atoms with Crippen LogP contribution in [0.4, 0.5) is 5.88 Å². The molecule has 5 heteroatoms. The van der Waals surface area contributed by atoms with Crippen LogP contribution in [0.5, 0.6) is 0 Å². The Morgan fingerprint density at radius 3 is 2.93 bits per heavy atom. The first-order valence-electron chi connectivity index (χ1n) is 3.96. The number of aromatic nitrogens is 2. The number of carbonyl (C=O) groups excluding carboxylic acids is 1. The monoisotopic (exact) mass is 189 g/mol. The molecule has 0 spiro atoms. The van der Waals surface area contributed by atoms with Gasteiger partial charge in [0.15, 0.2) is 6.39 Å². The number of nitrogens with one attached hydrogen (secondary N) is 1. The molecule has 14 heavy (non-hydrogen) atoms. The van der Waals surface area contributed by atoms with Gasteiger partial charge in [-0.3, -0.25) is 15.1 Å². The fourth-order valence-corrected chi connectivity index (χ4v) is 0.959. The maximum atomic E-state index is 11.5. The van der Waals surface area contributed by atoms with Gasteiger partial charge in [-0.05, 0) is 12.1 Å². The second-order valence-corrected chi connectivity index (χ2v) is 2.56. The van der Waals surface area contributed by atoms with Crippen molar-refractivity contribution in [2.75, 3.05) is 5.32 Å². The normalized spacial score (nSPS) is 9.71. The zero-order chi connectivity index (χ0) is 9.80. The summed E-state index contributed by atoms with van der Waals surface area (Å²) in [5, 5.41) is 2.53. The fraction of sp³-hybridized carbons (Fsp3) is 0. The first-order valence-corrected chi connectivity index (χ1v) is 3.96. The molecule has 0 fully saturated rings. The summed E-state index contributed by atoms with van der Waals surface area (Å²) in [6, 6.07) is 3.36. The number of pyridine rings is 1. The van der Waals surface area contributed by atoms with Crippen LogP contribution >= 0.6 is 0 Å². The van der Waals surface area contributed by atoms with Crippen LogP contribution in [0.2, 0.25) is 0 Å². The number of anilines is 1. The maximum absolute atomic E-state index is 11.5. The average Bonchev–Trinajstić information content (AvgIpc) is 2.72. The van der Waals surface area contributed by atoms with Gasteiger partial charge in [-0.25, -0.2) is 4.98 Å². The Hall–Kier alpha value is -2.17. The summed E-state index contributed by atoms with van der Waals surface area (Å²) in [7, 11) is 0. The third kappa shape index (κ3) is 1.77. The molecule has 2 heterocycles. The van der Waals surface area contributed by atoms with E-state index in [1.807, 2.05) is 0 Å². The molecular formula is C9H7N3O2. The van der Waals surface area contributed by atoms with Crippen molar-refractivity contribution in [3.63, 3.8) is 0 Å². The Balaban J connectivity index is 2.11. The molecule has 0 aliphatic carbocycles. The number of amides is 1. The summed E-state index contributed by atoms with van der Waals surface area (Å²) in [4.78, 5) is 19.0. The van der Waals surface area contributed by atoms with E-state index < -0.39 is 0 Å². The molecule has 0 unspecified atom stereocenters. The number of rotatable bonds is 2. The zero-order valence-corrected chi connectivity index (χ0v) is 7.18. The number of nitrogens with zero attached hydrogens (tertiary/aromatic N) is 2. The topological polar surface area (TPSA) is 68.0 Å². The first-order chi connectivity index (χ1) is 6.86. The summed E-state index contributed by atoms with van der Waals surface area (Å²) in [5.74, 6) is 0.0497. The first kappa shape index (κ1) is 8.43. The van der Waals surface area contributed by atoms with Crippen LogP contribution in [0.15, 0.2) is 41.5 Å². The van der Waals surface area contributed by atoms with E-state index in [2.05, 4.69) is 15.3 Å². The third-order valence-corrected chi connectivity index (χ3v) is 1.59. The van der Waals surface area contributed by atoms with Gasteiger partial charge >= 0.3 is 0 Å². The largest absolute Gasteiger partial charge is 0.428 e. The van der Waals surface area contributed by atoms with Crippen molar-refractivity contribution in [1.82, 2.24) is 9.97 Å². The standard InChI is InChI=1S/C9H7N3O2/c13-9(7-2-1-3-10-4-7)12-8-5-11-6-14-8/h1-6H,(H,12,13). The van der Waals surface area contributed by atoms with E-state index in [1.165, 1.54) is 18.8 Å². The summed E-state index contributed by atoms with van der Waals surface area (Å²) in [6.07, 6.45) is 5.75. The molecule has 0 bridgehead atoms. The van der Waals surface area contributed by atoms with E-state index in [9.17, 15) is 4.79 Å². The van der Waals surface area contributed by atoms with Crippen molar-refractivity contribution in [3.8, 4) is 0 Å². The fourth-order valence-electron chi connectivity index (χ4n) is 0.959. The minimum atomic E-state index is -0.269. The van der Waals surface area contributed by atoms with Crippen LogP contribution in [-0.2, 0) is 0 Å². The van der Waals surface area contributed by atoms with Gasteiger partial charge in [-0.2, -0.15) is 0 Å². The Bertz CT molecular complexity index is 411. The summed E-state index contributed by atoms with van der Waals surface area (Å²) in [6.45, 7) is 0. The van der Waals surface area contributed by atoms with E-state index in [4.69, 9.17) is 4.42 Å². The molecule has 2 aromatic rings. The Kier molecular flexibility index (Phi) is 2.22. The molecule has 2 aromatic heterocycles. The lowest BCUT2D eigenvalue weighted by Gasteiger charge is -1.99. The highest BCUT2D eigenvalue weighted by Gasteiger charge is 2.06. The molecule has 0 saturated carbocycles. The van der Waals surface area contributed by atoms with Gasteiger partial charge in [0.1, 0.15) is 0 Å². The molecule has 0 saturated heterocycles. The quantitative estimate of drug-likeness (QED) is 0.773. The predicted molar refractivity (Wildman–Crippen MR) is 48.7 cm³/mol. The van der Waals surface area contributed by atoms with Gasteiger partial charge in [0.2, 0.25) is 5.88 Å². The third-order valence-electron chi connectivity index (χ3n) is 1.59. The van der Waals surface area contributed by atoms with Crippen molar-refractivity contribution < 1.29 is 9.21 Å². The molecule has 0 aliphatic rings. The van der Waals surface area contributed by atoms with Crippen molar-refractivity contribution in [1.29, 1.82) is 0 Å². The number of carbonyl (C=O) groups is 1. The van der Waals surface area contributed by atoms with Crippen LogP contribution in [0.3, 0.4) is 0 Å². The highest BCUT2D eigenvalue weighted by Crippen LogP contribution is 2.06. The Morgan fingerprint density at radius 2 is 2.29 bits per heavy atom. The van der Waals surface area contributed by atoms with Crippen LogP contribution in [0.25, 0.3) is 0 Å². The number of oxazole rings is 1. The van der Waals surface area contributed by atoms with Crippen molar-refractivity contribution in [2.24, 2.45) is 0 Å². The molecule has 0 aromatic carbocycles. The van der Waals surface area contributed by atoms with Gasteiger partial charge in [-0.15, -0.1) is 0 Å². The van der Waals surface area contributed by atoms with E-state index in [-0.39, 0.29) is 5.91 Å². The Labute approximate surface area is 79.8 Å². The SMILES string of the molecule is O=C(Nc1cnco1)c1cccnc1. The second-order valence-electron chi connectivity index (χ2n) is 2.56. The molecule has 0 atom stereocenters. The molecule has 1 N–H and O–H groups in total. The van der Waals surface area contributed by atoms with E-state index in [0.717, 1.165) is 0 Å². The number of hydrogen-bond donors (Lipinski definition) is 1. The molecule has 5 nitrogen and oxygen atoms in total.